The fourth-order valence-electron chi connectivity index (χ4n) is 4.57. The standard InChI is InChI=1S/C18H26N2O7/c21-15(19-9-1-3-13(19)17(23)24)11-5-7-12(8-6-11)16(22)20-10-2-4-14(20)27-18(25)26/h11-14H,1-10H2,(H,23,24)(H,25,26)/t11?,12?,13-,14-/m1/s1. The number of carboxylic acids is 1. The molecular formula is C18H26N2O7. The Morgan fingerprint density at radius 3 is 1.81 bits per heavy atom. The number of carbonyl (C=O) groups is 4. The first-order valence-corrected chi connectivity index (χ1v) is 9.62. The first kappa shape index (κ1) is 19.4. The van der Waals surface area contributed by atoms with Crippen molar-refractivity contribution in [2.75, 3.05) is 13.1 Å². The summed E-state index contributed by atoms with van der Waals surface area (Å²) in [6.45, 7) is 0.973. The Labute approximate surface area is 157 Å². The molecule has 2 saturated heterocycles. The van der Waals surface area contributed by atoms with Gasteiger partial charge in [-0.2, -0.15) is 0 Å². The van der Waals surface area contributed by atoms with Gasteiger partial charge < -0.3 is 24.7 Å². The number of ether oxygens (including phenoxy) is 1. The van der Waals surface area contributed by atoms with Crippen LogP contribution in [0.25, 0.3) is 0 Å². The molecule has 3 aliphatic rings. The zero-order valence-corrected chi connectivity index (χ0v) is 15.2. The molecule has 27 heavy (non-hydrogen) atoms. The van der Waals surface area contributed by atoms with E-state index in [1.54, 1.807) is 0 Å². The zero-order chi connectivity index (χ0) is 19.6. The van der Waals surface area contributed by atoms with Gasteiger partial charge in [0.1, 0.15) is 6.04 Å². The van der Waals surface area contributed by atoms with Crippen LogP contribution in [0.1, 0.15) is 51.4 Å². The maximum atomic E-state index is 12.7. The van der Waals surface area contributed by atoms with Crippen LogP contribution in [-0.4, -0.2) is 69.3 Å². The number of carbonyl (C=O) groups excluding carboxylic acids is 2. The molecule has 9 heteroatoms. The Morgan fingerprint density at radius 2 is 1.26 bits per heavy atom. The summed E-state index contributed by atoms with van der Waals surface area (Å²) in [7, 11) is 0. The van der Waals surface area contributed by atoms with E-state index in [1.807, 2.05) is 0 Å². The lowest BCUT2D eigenvalue weighted by atomic mass is 9.80. The molecule has 3 fully saturated rings. The van der Waals surface area contributed by atoms with Gasteiger partial charge in [0.25, 0.3) is 0 Å². The van der Waals surface area contributed by atoms with Crippen molar-refractivity contribution in [2.45, 2.75) is 63.6 Å². The Morgan fingerprint density at radius 1 is 0.741 bits per heavy atom. The van der Waals surface area contributed by atoms with Crippen LogP contribution in [0.5, 0.6) is 0 Å². The molecule has 0 spiro atoms. The van der Waals surface area contributed by atoms with Crippen LogP contribution >= 0.6 is 0 Å². The minimum Gasteiger partial charge on any atom is -0.480 e. The summed E-state index contributed by atoms with van der Waals surface area (Å²) < 4.78 is 4.80. The second-order valence-corrected chi connectivity index (χ2v) is 7.59. The highest BCUT2D eigenvalue weighted by Crippen LogP contribution is 2.34. The maximum absolute atomic E-state index is 12.7. The largest absolute Gasteiger partial charge is 0.507 e. The molecule has 2 amide bonds. The van der Waals surface area contributed by atoms with E-state index in [0.717, 1.165) is 0 Å². The SMILES string of the molecule is O=C(O)O[C@@H]1CCCN1C(=O)C1CCC(C(=O)N2CCC[C@@H]2C(=O)O)CC1. The summed E-state index contributed by atoms with van der Waals surface area (Å²) in [5, 5.41) is 18.1. The molecule has 2 atom stereocenters. The molecule has 0 bridgehead atoms. The van der Waals surface area contributed by atoms with E-state index < -0.39 is 24.4 Å². The third kappa shape index (κ3) is 4.17. The van der Waals surface area contributed by atoms with Crippen LogP contribution in [0.15, 0.2) is 0 Å². The Bertz CT molecular complexity index is 615. The number of amides is 2. The predicted octanol–water partition coefficient (Wildman–Crippen LogP) is 1.51. The van der Waals surface area contributed by atoms with E-state index in [2.05, 4.69) is 0 Å². The van der Waals surface area contributed by atoms with Gasteiger partial charge in [-0.05, 0) is 44.9 Å². The van der Waals surface area contributed by atoms with Crippen molar-refractivity contribution in [1.82, 2.24) is 9.80 Å². The van der Waals surface area contributed by atoms with Gasteiger partial charge >= 0.3 is 12.1 Å². The number of hydrogen-bond donors (Lipinski definition) is 2. The molecule has 2 aliphatic heterocycles. The number of likely N-dealkylation sites (tertiary alicyclic amines) is 2. The molecule has 150 valence electrons. The van der Waals surface area contributed by atoms with Crippen molar-refractivity contribution in [2.24, 2.45) is 11.8 Å². The van der Waals surface area contributed by atoms with E-state index in [9.17, 15) is 24.3 Å². The first-order valence-electron chi connectivity index (χ1n) is 9.62. The number of carboxylic acid groups (broad SMARTS) is 2. The third-order valence-electron chi connectivity index (χ3n) is 5.96. The molecular weight excluding hydrogens is 356 g/mol. The lowest BCUT2D eigenvalue weighted by Gasteiger charge is -2.34. The van der Waals surface area contributed by atoms with Gasteiger partial charge in [0, 0.05) is 31.3 Å². The second kappa shape index (κ2) is 8.14. The summed E-state index contributed by atoms with van der Waals surface area (Å²) in [6, 6.07) is -0.726. The summed E-state index contributed by atoms with van der Waals surface area (Å²) in [5.74, 6) is -1.64. The van der Waals surface area contributed by atoms with Gasteiger partial charge in [0.2, 0.25) is 11.8 Å². The van der Waals surface area contributed by atoms with E-state index in [1.165, 1.54) is 9.80 Å². The Balaban J connectivity index is 1.54. The van der Waals surface area contributed by atoms with E-state index in [0.29, 0.717) is 64.5 Å². The monoisotopic (exact) mass is 382 g/mol. The maximum Gasteiger partial charge on any atom is 0.507 e. The van der Waals surface area contributed by atoms with Crippen molar-refractivity contribution in [3.8, 4) is 0 Å². The fraction of sp³-hybridized carbons (Fsp3) is 0.778. The van der Waals surface area contributed by atoms with Gasteiger partial charge in [-0.3, -0.25) is 9.59 Å². The molecule has 1 aliphatic carbocycles. The van der Waals surface area contributed by atoms with Crippen LogP contribution in [0.4, 0.5) is 4.79 Å². The number of rotatable bonds is 4. The molecule has 2 heterocycles. The quantitative estimate of drug-likeness (QED) is 0.706. The van der Waals surface area contributed by atoms with Gasteiger partial charge in [-0.15, -0.1) is 0 Å². The van der Waals surface area contributed by atoms with Crippen LogP contribution in [0.3, 0.4) is 0 Å². The lowest BCUT2D eigenvalue weighted by molar-refractivity contribution is -0.151. The lowest BCUT2D eigenvalue weighted by Crippen LogP contribution is -2.46. The molecule has 0 aromatic carbocycles. The average molecular weight is 382 g/mol. The molecule has 3 rings (SSSR count). The molecule has 0 aromatic rings. The topological polar surface area (TPSA) is 124 Å². The summed E-state index contributed by atoms with van der Waals surface area (Å²) >= 11 is 0. The summed E-state index contributed by atoms with van der Waals surface area (Å²) in [4.78, 5) is 50.5. The minimum absolute atomic E-state index is 0.103. The Hall–Kier alpha value is -2.32. The van der Waals surface area contributed by atoms with Crippen LogP contribution in [-0.2, 0) is 19.1 Å². The van der Waals surface area contributed by atoms with Crippen molar-refractivity contribution in [3.05, 3.63) is 0 Å². The van der Waals surface area contributed by atoms with E-state index in [-0.39, 0.29) is 23.7 Å². The van der Waals surface area contributed by atoms with Crippen molar-refractivity contribution in [1.29, 1.82) is 0 Å². The predicted molar refractivity (Wildman–Crippen MR) is 91.7 cm³/mol. The normalized spacial score (nSPS) is 31.0. The molecule has 2 N–H and O–H groups in total. The number of nitrogens with zero attached hydrogens (tertiary/aromatic N) is 2. The molecule has 9 nitrogen and oxygen atoms in total. The van der Waals surface area contributed by atoms with E-state index >= 15 is 0 Å². The zero-order valence-electron chi connectivity index (χ0n) is 15.2. The Kier molecular flexibility index (Phi) is 5.86. The van der Waals surface area contributed by atoms with Gasteiger partial charge in [-0.25, -0.2) is 9.59 Å². The number of hydrogen-bond acceptors (Lipinski definition) is 5. The minimum atomic E-state index is -1.38. The van der Waals surface area contributed by atoms with Gasteiger partial charge in [-0.1, -0.05) is 0 Å². The highest BCUT2D eigenvalue weighted by atomic mass is 16.7. The van der Waals surface area contributed by atoms with Crippen molar-refractivity contribution >= 4 is 23.9 Å². The molecule has 1 saturated carbocycles. The smallest absolute Gasteiger partial charge is 0.480 e. The third-order valence-corrected chi connectivity index (χ3v) is 5.96. The fourth-order valence-corrected chi connectivity index (χ4v) is 4.57. The van der Waals surface area contributed by atoms with E-state index in [4.69, 9.17) is 9.84 Å². The summed E-state index contributed by atoms with van der Waals surface area (Å²) in [6.07, 6.45) is 2.54. The van der Waals surface area contributed by atoms with Crippen molar-refractivity contribution in [3.63, 3.8) is 0 Å². The van der Waals surface area contributed by atoms with Gasteiger partial charge in [0.05, 0.1) is 0 Å². The van der Waals surface area contributed by atoms with Crippen molar-refractivity contribution < 1.29 is 34.1 Å². The van der Waals surface area contributed by atoms with Crippen LogP contribution in [0.2, 0.25) is 0 Å². The average Bonchev–Trinajstić information content (AvgIpc) is 3.29. The highest BCUT2D eigenvalue weighted by molar-refractivity contribution is 5.86. The van der Waals surface area contributed by atoms with Gasteiger partial charge in [0.15, 0.2) is 6.23 Å². The van der Waals surface area contributed by atoms with Crippen LogP contribution < -0.4 is 0 Å². The number of aliphatic carboxylic acids is 1. The van der Waals surface area contributed by atoms with Crippen LogP contribution in [0, 0.1) is 11.8 Å². The molecule has 0 unspecified atom stereocenters. The molecule has 0 aromatic heterocycles. The highest BCUT2D eigenvalue weighted by Gasteiger charge is 2.41. The first-order chi connectivity index (χ1) is 12.9. The summed E-state index contributed by atoms with van der Waals surface area (Å²) in [5.41, 5.74) is 0. The second-order valence-electron chi connectivity index (χ2n) is 7.59. The molecule has 0 radical (unpaired) electrons.